The van der Waals surface area contributed by atoms with Crippen molar-refractivity contribution in [2.45, 2.75) is 6.54 Å². The molecule has 1 amide bonds. The minimum atomic E-state index is -0.118. The van der Waals surface area contributed by atoms with Gasteiger partial charge < -0.3 is 15.8 Å². The van der Waals surface area contributed by atoms with E-state index in [-0.39, 0.29) is 12.5 Å². The maximum Gasteiger partial charge on any atom is 0.246 e. The van der Waals surface area contributed by atoms with Crippen molar-refractivity contribution in [2.24, 2.45) is 5.73 Å². The number of nitrogens with two attached hydrogens (primary N) is 1. The fourth-order valence-corrected chi connectivity index (χ4v) is 2.32. The molecule has 0 unspecified atom stereocenters. The number of amides is 1. The van der Waals surface area contributed by atoms with E-state index in [1.54, 1.807) is 11.3 Å². The van der Waals surface area contributed by atoms with Gasteiger partial charge >= 0.3 is 0 Å². The standard InChI is InChI=1S/C9H13BrN2O2S/c10-7-3-8(15-6-7)4-12-9(13)5-14-2-1-11/h3,6H,1-2,4-5,11H2,(H,12,13). The van der Waals surface area contributed by atoms with E-state index >= 15 is 0 Å². The lowest BCUT2D eigenvalue weighted by molar-refractivity contribution is -0.125. The van der Waals surface area contributed by atoms with E-state index in [0.717, 1.165) is 9.35 Å². The third-order valence-electron chi connectivity index (χ3n) is 1.58. The van der Waals surface area contributed by atoms with Gasteiger partial charge in [-0.3, -0.25) is 4.79 Å². The Kier molecular flexibility index (Phi) is 5.85. The molecular weight excluding hydrogens is 280 g/mol. The number of nitrogens with one attached hydrogen (secondary N) is 1. The monoisotopic (exact) mass is 292 g/mol. The van der Waals surface area contributed by atoms with E-state index in [1.165, 1.54) is 0 Å². The first-order chi connectivity index (χ1) is 7.22. The van der Waals surface area contributed by atoms with Crippen molar-refractivity contribution < 1.29 is 9.53 Å². The van der Waals surface area contributed by atoms with E-state index in [2.05, 4.69) is 21.2 Å². The van der Waals surface area contributed by atoms with Gasteiger partial charge in [-0.15, -0.1) is 11.3 Å². The highest BCUT2D eigenvalue weighted by Gasteiger charge is 2.02. The molecule has 0 aliphatic rings. The Morgan fingerprint density at radius 2 is 2.47 bits per heavy atom. The number of rotatable bonds is 6. The van der Waals surface area contributed by atoms with E-state index < -0.39 is 0 Å². The zero-order valence-corrected chi connectivity index (χ0v) is 10.6. The predicted molar refractivity (Wildman–Crippen MR) is 63.7 cm³/mol. The first-order valence-corrected chi connectivity index (χ1v) is 6.17. The van der Waals surface area contributed by atoms with Crippen molar-refractivity contribution in [1.82, 2.24) is 5.32 Å². The average molecular weight is 293 g/mol. The Balaban J connectivity index is 2.16. The molecule has 0 fully saturated rings. The number of hydrogen-bond donors (Lipinski definition) is 2. The second-order valence-corrected chi connectivity index (χ2v) is 4.76. The molecule has 0 saturated carbocycles. The number of carbonyl (C=O) groups is 1. The molecule has 84 valence electrons. The minimum Gasteiger partial charge on any atom is -0.370 e. The summed E-state index contributed by atoms with van der Waals surface area (Å²) in [6.45, 7) is 1.47. The molecule has 3 N–H and O–H groups in total. The summed E-state index contributed by atoms with van der Waals surface area (Å²) in [6.07, 6.45) is 0. The fraction of sp³-hybridized carbons (Fsp3) is 0.444. The fourth-order valence-electron chi connectivity index (χ4n) is 0.931. The van der Waals surface area contributed by atoms with Crippen LogP contribution in [-0.4, -0.2) is 25.7 Å². The topological polar surface area (TPSA) is 64.3 Å². The van der Waals surface area contributed by atoms with E-state index in [0.29, 0.717) is 19.7 Å². The minimum absolute atomic E-state index is 0.0732. The van der Waals surface area contributed by atoms with Gasteiger partial charge in [-0.05, 0) is 22.0 Å². The van der Waals surface area contributed by atoms with Crippen LogP contribution >= 0.6 is 27.3 Å². The normalized spacial score (nSPS) is 10.3. The Morgan fingerprint density at radius 1 is 1.67 bits per heavy atom. The highest BCUT2D eigenvalue weighted by Crippen LogP contribution is 2.19. The van der Waals surface area contributed by atoms with E-state index in [4.69, 9.17) is 10.5 Å². The SMILES string of the molecule is NCCOCC(=O)NCc1cc(Br)cs1. The van der Waals surface area contributed by atoms with Crippen molar-refractivity contribution in [3.05, 3.63) is 20.8 Å². The largest absolute Gasteiger partial charge is 0.370 e. The smallest absolute Gasteiger partial charge is 0.246 e. The van der Waals surface area contributed by atoms with Crippen LogP contribution in [0.5, 0.6) is 0 Å². The van der Waals surface area contributed by atoms with Crippen molar-refractivity contribution in [1.29, 1.82) is 0 Å². The Labute approximate surface area is 101 Å². The maximum absolute atomic E-state index is 11.2. The van der Waals surface area contributed by atoms with E-state index in [1.807, 2.05) is 11.4 Å². The molecule has 1 aromatic heterocycles. The first kappa shape index (κ1) is 12.6. The van der Waals surface area contributed by atoms with E-state index in [9.17, 15) is 4.79 Å². The summed E-state index contributed by atoms with van der Waals surface area (Å²) in [4.78, 5) is 12.3. The summed E-state index contributed by atoms with van der Waals surface area (Å²) in [6, 6.07) is 1.98. The number of halogens is 1. The molecule has 0 spiro atoms. The molecule has 0 radical (unpaired) electrons. The van der Waals surface area contributed by atoms with Crippen LogP contribution in [0.1, 0.15) is 4.88 Å². The molecule has 0 aliphatic carbocycles. The van der Waals surface area contributed by atoms with Crippen LogP contribution < -0.4 is 11.1 Å². The number of thiophene rings is 1. The van der Waals surface area contributed by atoms with Crippen molar-refractivity contribution in [3.8, 4) is 0 Å². The molecule has 1 rings (SSSR count). The summed E-state index contributed by atoms with van der Waals surface area (Å²) >= 11 is 4.95. The van der Waals surface area contributed by atoms with Gasteiger partial charge in [0.1, 0.15) is 6.61 Å². The van der Waals surface area contributed by atoms with Crippen LogP contribution in [0.3, 0.4) is 0 Å². The molecule has 0 atom stereocenters. The zero-order valence-electron chi connectivity index (χ0n) is 8.16. The molecule has 1 heterocycles. The van der Waals surface area contributed by atoms with Crippen LogP contribution in [0.2, 0.25) is 0 Å². The predicted octanol–water partition coefficient (Wildman–Crippen LogP) is 1.10. The van der Waals surface area contributed by atoms with Gasteiger partial charge in [-0.1, -0.05) is 0 Å². The third kappa shape index (κ3) is 5.27. The zero-order chi connectivity index (χ0) is 11.1. The molecule has 0 aliphatic heterocycles. The van der Waals surface area contributed by atoms with Gasteiger partial charge in [-0.2, -0.15) is 0 Å². The third-order valence-corrected chi connectivity index (χ3v) is 3.27. The average Bonchev–Trinajstić information content (AvgIpc) is 2.62. The van der Waals surface area contributed by atoms with Gasteiger partial charge in [-0.25, -0.2) is 0 Å². The van der Waals surface area contributed by atoms with Gasteiger partial charge in [0.25, 0.3) is 0 Å². The van der Waals surface area contributed by atoms with Crippen molar-refractivity contribution in [2.75, 3.05) is 19.8 Å². The Morgan fingerprint density at radius 3 is 3.07 bits per heavy atom. The van der Waals surface area contributed by atoms with Crippen LogP contribution in [-0.2, 0) is 16.1 Å². The molecule has 4 nitrogen and oxygen atoms in total. The first-order valence-electron chi connectivity index (χ1n) is 4.50. The summed E-state index contributed by atoms with van der Waals surface area (Å²) in [7, 11) is 0. The highest BCUT2D eigenvalue weighted by molar-refractivity contribution is 9.10. The van der Waals surface area contributed by atoms with Crippen LogP contribution in [0, 0.1) is 0 Å². The molecule has 15 heavy (non-hydrogen) atoms. The van der Waals surface area contributed by atoms with Crippen LogP contribution in [0.4, 0.5) is 0 Å². The molecule has 0 bridgehead atoms. The van der Waals surface area contributed by atoms with Gasteiger partial charge in [0, 0.05) is 21.3 Å². The highest BCUT2D eigenvalue weighted by atomic mass is 79.9. The lowest BCUT2D eigenvalue weighted by Gasteiger charge is -2.03. The Hall–Kier alpha value is -0.430. The second-order valence-electron chi connectivity index (χ2n) is 2.85. The summed E-state index contributed by atoms with van der Waals surface area (Å²) in [5.41, 5.74) is 5.22. The molecule has 1 aromatic rings. The summed E-state index contributed by atoms with van der Waals surface area (Å²) < 4.78 is 6.03. The summed E-state index contributed by atoms with van der Waals surface area (Å²) in [5.74, 6) is -0.118. The van der Waals surface area contributed by atoms with Crippen LogP contribution in [0.15, 0.2) is 15.9 Å². The van der Waals surface area contributed by atoms with Crippen molar-refractivity contribution >= 4 is 33.2 Å². The lowest BCUT2D eigenvalue weighted by atomic mass is 10.4. The van der Waals surface area contributed by atoms with Gasteiger partial charge in [0.05, 0.1) is 13.2 Å². The maximum atomic E-state index is 11.2. The van der Waals surface area contributed by atoms with Gasteiger partial charge in [0.2, 0.25) is 5.91 Å². The molecular formula is C9H13BrN2O2S. The quantitative estimate of drug-likeness (QED) is 0.772. The van der Waals surface area contributed by atoms with Crippen molar-refractivity contribution in [3.63, 3.8) is 0 Å². The summed E-state index contributed by atoms with van der Waals surface area (Å²) in [5, 5.41) is 4.73. The number of hydrogen-bond acceptors (Lipinski definition) is 4. The second kappa shape index (κ2) is 6.95. The molecule has 0 aromatic carbocycles. The van der Waals surface area contributed by atoms with Gasteiger partial charge in [0.15, 0.2) is 0 Å². The van der Waals surface area contributed by atoms with Crippen LogP contribution in [0.25, 0.3) is 0 Å². The number of ether oxygens (including phenoxy) is 1. The Bertz CT molecular complexity index is 317. The molecule has 0 saturated heterocycles. The number of carbonyl (C=O) groups excluding carboxylic acids is 1. The molecule has 6 heteroatoms. The lowest BCUT2D eigenvalue weighted by Crippen LogP contribution is -2.27.